The Morgan fingerprint density at radius 1 is 1.15 bits per heavy atom. The summed E-state index contributed by atoms with van der Waals surface area (Å²) in [5.41, 5.74) is 1.24. The quantitative estimate of drug-likeness (QED) is 0.714. The summed E-state index contributed by atoms with van der Waals surface area (Å²) in [6, 6.07) is 9.72. The van der Waals surface area contributed by atoms with Crippen LogP contribution in [0.15, 0.2) is 48.8 Å². The molecule has 2 heterocycles. The lowest BCUT2D eigenvalue weighted by molar-refractivity contribution is -0.137. The fraction of sp³-hybridized carbons (Fsp3) is 0.263. The number of hydrogen-bond donors (Lipinski definition) is 1. The van der Waals surface area contributed by atoms with Gasteiger partial charge in [0, 0.05) is 12.4 Å². The second-order valence-corrected chi connectivity index (χ2v) is 5.98. The van der Waals surface area contributed by atoms with Gasteiger partial charge in [0.1, 0.15) is 11.4 Å². The maximum absolute atomic E-state index is 12.7. The Balaban J connectivity index is 1.55. The zero-order chi connectivity index (χ0) is 19.4. The molecule has 2 aromatic heterocycles. The first-order valence-corrected chi connectivity index (χ1v) is 8.38. The van der Waals surface area contributed by atoms with E-state index in [-0.39, 0.29) is 19.1 Å². The summed E-state index contributed by atoms with van der Waals surface area (Å²) in [4.78, 5) is 16.1. The molecule has 0 saturated carbocycles. The monoisotopic (exact) mass is 377 g/mol. The fourth-order valence-corrected chi connectivity index (χ4v) is 2.51. The number of aryl methyl sites for hydroxylation is 1. The number of aromatic nitrogens is 2. The number of fused-ring (bicyclic) bond motifs is 1. The summed E-state index contributed by atoms with van der Waals surface area (Å²) in [5.74, 6) is 0.248. The smallest absolute Gasteiger partial charge is 0.417 e. The molecule has 0 aliphatic carbocycles. The first kappa shape index (κ1) is 18.8. The lowest BCUT2D eigenvalue weighted by Gasteiger charge is -2.07. The molecule has 1 aromatic carbocycles. The average molecular weight is 377 g/mol. The van der Waals surface area contributed by atoms with Crippen LogP contribution in [0.3, 0.4) is 0 Å². The molecule has 0 bridgehead atoms. The van der Waals surface area contributed by atoms with E-state index in [1.54, 1.807) is 12.1 Å². The van der Waals surface area contributed by atoms with Crippen LogP contribution >= 0.6 is 0 Å². The number of alkyl halides is 3. The number of pyridine rings is 1. The van der Waals surface area contributed by atoms with Crippen molar-refractivity contribution >= 4 is 11.6 Å². The minimum absolute atomic E-state index is 0.0972. The van der Waals surface area contributed by atoms with Gasteiger partial charge < -0.3 is 14.5 Å². The Morgan fingerprint density at radius 2 is 1.89 bits per heavy atom. The molecule has 0 aliphatic rings. The third-order valence-corrected chi connectivity index (χ3v) is 4.00. The molecule has 142 valence electrons. The van der Waals surface area contributed by atoms with Gasteiger partial charge in [-0.05, 0) is 36.2 Å². The number of imidazole rings is 1. The molecule has 5 nitrogen and oxygen atoms in total. The number of carbonyl (C=O) groups excluding carboxylic acids is 1. The lowest BCUT2D eigenvalue weighted by Crippen LogP contribution is -2.28. The molecule has 3 aromatic rings. The van der Waals surface area contributed by atoms with Crippen LogP contribution in [0.2, 0.25) is 0 Å². The van der Waals surface area contributed by atoms with Crippen molar-refractivity contribution in [2.24, 2.45) is 0 Å². The van der Waals surface area contributed by atoms with E-state index < -0.39 is 11.7 Å². The molecule has 0 radical (unpaired) electrons. The van der Waals surface area contributed by atoms with Crippen LogP contribution < -0.4 is 10.1 Å². The number of hydrogen-bond acceptors (Lipinski definition) is 3. The van der Waals surface area contributed by atoms with Gasteiger partial charge >= 0.3 is 6.18 Å². The highest BCUT2D eigenvalue weighted by Crippen LogP contribution is 2.29. The number of ether oxygens (including phenoxy) is 1. The Hall–Kier alpha value is -3.03. The Morgan fingerprint density at radius 3 is 2.56 bits per heavy atom. The van der Waals surface area contributed by atoms with Gasteiger partial charge in [-0.2, -0.15) is 13.2 Å². The zero-order valence-electron chi connectivity index (χ0n) is 14.6. The summed E-state index contributed by atoms with van der Waals surface area (Å²) in [6.45, 7) is 1.99. The summed E-state index contributed by atoms with van der Waals surface area (Å²) < 4.78 is 44.9. The third kappa shape index (κ3) is 4.78. The van der Waals surface area contributed by atoms with Crippen molar-refractivity contribution in [2.75, 3.05) is 6.61 Å². The average Bonchev–Trinajstić information content (AvgIpc) is 3.06. The molecule has 0 spiro atoms. The maximum atomic E-state index is 12.7. The number of rotatable bonds is 6. The Kier molecular flexibility index (Phi) is 5.34. The van der Waals surface area contributed by atoms with Crippen LogP contribution in [0, 0.1) is 0 Å². The summed E-state index contributed by atoms with van der Waals surface area (Å²) in [7, 11) is 0. The van der Waals surface area contributed by atoms with Crippen LogP contribution in [0.5, 0.6) is 5.75 Å². The molecule has 0 unspecified atom stereocenters. The highest BCUT2D eigenvalue weighted by molar-refractivity contribution is 5.77. The van der Waals surface area contributed by atoms with Gasteiger partial charge in [-0.3, -0.25) is 4.79 Å². The van der Waals surface area contributed by atoms with Crippen molar-refractivity contribution in [1.82, 2.24) is 14.7 Å². The van der Waals surface area contributed by atoms with Crippen molar-refractivity contribution in [3.63, 3.8) is 0 Å². The topological polar surface area (TPSA) is 55.6 Å². The molecule has 8 heteroatoms. The van der Waals surface area contributed by atoms with Crippen molar-refractivity contribution in [1.29, 1.82) is 0 Å². The van der Waals surface area contributed by atoms with E-state index in [1.807, 2.05) is 19.1 Å². The van der Waals surface area contributed by atoms with E-state index in [2.05, 4.69) is 10.3 Å². The largest absolute Gasteiger partial charge is 0.484 e. The first-order chi connectivity index (χ1) is 12.8. The maximum Gasteiger partial charge on any atom is 0.417 e. The van der Waals surface area contributed by atoms with Crippen molar-refractivity contribution in [3.05, 3.63) is 65.6 Å². The number of amides is 1. The molecular formula is C19H18F3N3O2. The van der Waals surface area contributed by atoms with E-state index in [0.717, 1.165) is 18.7 Å². The number of nitrogens with one attached hydrogen (secondary N) is 1. The predicted molar refractivity (Wildman–Crippen MR) is 93.4 cm³/mol. The van der Waals surface area contributed by atoms with E-state index in [4.69, 9.17) is 4.74 Å². The summed E-state index contributed by atoms with van der Waals surface area (Å²) in [6.07, 6.45) is -1.07. The van der Waals surface area contributed by atoms with Crippen LogP contribution in [-0.4, -0.2) is 21.9 Å². The van der Waals surface area contributed by atoms with Crippen LogP contribution in [-0.2, 0) is 23.9 Å². The van der Waals surface area contributed by atoms with Crippen LogP contribution in [0.4, 0.5) is 13.2 Å². The zero-order valence-corrected chi connectivity index (χ0v) is 14.6. The normalized spacial score (nSPS) is 11.6. The molecule has 0 saturated heterocycles. The number of carbonyl (C=O) groups is 1. The van der Waals surface area contributed by atoms with Crippen LogP contribution in [0.25, 0.3) is 5.65 Å². The Labute approximate surface area is 153 Å². The van der Waals surface area contributed by atoms with E-state index in [1.165, 1.54) is 22.2 Å². The highest BCUT2D eigenvalue weighted by atomic mass is 19.4. The van der Waals surface area contributed by atoms with Gasteiger partial charge in [0.05, 0.1) is 17.8 Å². The minimum Gasteiger partial charge on any atom is -0.484 e. The highest BCUT2D eigenvalue weighted by Gasteiger charge is 2.30. The van der Waals surface area contributed by atoms with E-state index in [0.29, 0.717) is 17.1 Å². The molecule has 0 atom stereocenters. The summed E-state index contributed by atoms with van der Waals surface area (Å²) in [5, 5.41) is 2.64. The first-order valence-electron chi connectivity index (χ1n) is 8.38. The fourth-order valence-electron chi connectivity index (χ4n) is 2.51. The van der Waals surface area contributed by atoms with Crippen LogP contribution in [0.1, 0.15) is 23.7 Å². The molecule has 1 N–H and O–H groups in total. The molecule has 0 aliphatic heterocycles. The second-order valence-electron chi connectivity index (χ2n) is 5.98. The third-order valence-electron chi connectivity index (χ3n) is 4.00. The molecule has 0 fully saturated rings. The van der Waals surface area contributed by atoms with Gasteiger partial charge in [0.15, 0.2) is 6.61 Å². The van der Waals surface area contributed by atoms with E-state index >= 15 is 0 Å². The molecule has 3 rings (SSSR count). The standard InChI is InChI=1S/C19H18F3N3O2/c1-2-13-3-6-16(7-4-13)27-12-18(26)23-9-15-11-25-10-14(19(20,21)22)5-8-17(25)24-15/h3-8,10-11H,2,9,12H2,1H3,(H,23,26). The van der Waals surface area contributed by atoms with Gasteiger partial charge in [0.2, 0.25) is 0 Å². The molecule has 27 heavy (non-hydrogen) atoms. The number of halogens is 3. The SMILES string of the molecule is CCc1ccc(OCC(=O)NCc2cn3cc(C(F)(F)F)ccc3n2)cc1. The van der Waals surface area contributed by atoms with Gasteiger partial charge in [-0.1, -0.05) is 19.1 Å². The van der Waals surface area contributed by atoms with Gasteiger partial charge in [-0.25, -0.2) is 4.98 Å². The van der Waals surface area contributed by atoms with E-state index in [9.17, 15) is 18.0 Å². The minimum atomic E-state index is -4.42. The Bertz CT molecular complexity index is 934. The summed E-state index contributed by atoms with van der Waals surface area (Å²) >= 11 is 0. The van der Waals surface area contributed by atoms with Crippen molar-refractivity contribution in [2.45, 2.75) is 26.1 Å². The molecular weight excluding hydrogens is 359 g/mol. The van der Waals surface area contributed by atoms with Crippen molar-refractivity contribution < 1.29 is 22.7 Å². The number of nitrogens with zero attached hydrogens (tertiary/aromatic N) is 2. The predicted octanol–water partition coefficient (Wildman–Crippen LogP) is 3.61. The van der Waals surface area contributed by atoms with Gasteiger partial charge in [0.25, 0.3) is 5.91 Å². The van der Waals surface area contributed by atoms with Crippen molar-refractivity contribution in [3.8, 4) is 5.75 Å². The lowest BCUT2D eigenvalue weighted by atomic mass is 10.2. The van der Waals surface area contributed by atoms with Gasteiger partial charge in [-0.15, -0.1) is 0 Å². The molecule has 1 amide bonds. The second kappa shape index (κ2) is 7.69. The number of benzene rings is 1.